The van der Waals surface area contributed by atoms with Crippen LogP contribution in [0.5, 0.6) is 0 Å². The molecular weight excluding hydrogens is 372 g/mol. The Balaban J connectivity index is 0.00000288. The number of ketones is 1. The molecule has 0 bridgehead atoms. The van der Waals surface area contributed by atoms with E-state index in [2.05, 4.69) is 0 Å². The Bertz CT molecular complexity index is 690. The summed E-state index contributed by atoms with van der Waals surface area (Å²) in [6.45, 7) is 6.65. The van der Waals surface area contributed by atoms with Crippen LogP contribution >= 0.6 is 0 Å². The van der Waals surface area contributed by atoms with Crippen molar-refractivity contribution in [1.29, 1.82) is 0 Å². The van der Waals surface area contributed by atoms with Gasteiger partial charge in [-0.1, -0.05) is 18.2 Å². The molecule has 6 heteroatoms. The minimum atomic E-state index is -0.280. The zero-order valence-electron chi connectivity index (χ0n) is 14.3. The predicted octanol–water partition coefficient (Wildman–Crippen LogP) is -1.23. The van der Waals surface area contributed by atoms with Gasteiger partial charge in [-0.15, -0.1) is 0 Å². The van der Waals surface area contributed by atoms with E-state index in [4.69, 9.17) is 4.74 Å². The monoisotopic (exact) mass is 394 g/mol. The Morgan fingerprint density at radius 2 is 1.88 bits per heavy atom. The molecule has 1 aromatic heterocycles. The van der Waals surface area contributed by atoms with Crippen LogP contribution in [0.4, 0.5) is 0 Å². The summed E-state index contributed by atoms with van der Waals surface area (Å²) >= 11 is 0. The Morgan fingerprint density at radius 1 is 1.21 bits per heavy atom. The fourth-order valence-corrected chi connectivity index (χ4v) is 2.57. The van der Waals surface area contributed by atoms with Crippen LogP contribution in [0.1, 0.15) is 23.6 Å². The highest BCUT2D eigenvalue weighted by Crippen LogP contribution is 2.14. The van der Waals surface area contributed by atoms with Gasteiger partial charge in [-0.3, -0.25) is 4.79 Å². The number of aromatic nitrogens is 2. The summed E-state index contributed by atoms with van der Waals surface area (Å²) in [6.07, 6.45) is 5.74. The van der Waals surface area contributed by atoms with Crippen LogP contribution < -0.4 is 21.5 Å². The van der Waals surface area contributed by atoms with Crippen molar-refractivity contribution in [2.24, 2.45) is 0 Å². The van der Waals surface area contributed by atoms with Crippen LogP contribution in [-0.2, 0) is 33.8 Å². The Morgan fingerprint density at radius 3 is 2.50 bits per heavy atom. The number of ether oxygens (including phenoxy) is 1. The zero-order chi connectivity index (χ0) is 16.8. The summed E-state index contributed by atoms with van der Waals surface area (Å²) in [6, 6.07) is 6.06. The number of benzene rings is 1. The van der Waals surface area contributed by atoms with Gasteiger partial charge in [0.15, 0.2) is 12.3 Å². The number of rotatable bonds is 7. The van der Waals surface area contributed by atoms with Gasteiger partial charge in [0.1, 0.15) is 18.9 Å². The third-order valence-corrected chi connectivity index (χ3v) is 3.74. The van der Waals surface area contributed by atoms with Gasteiger partial charge in [0.2, 0.25) is 6.33 Å². The second kappa shape index (κ2) is 9.37. The molecule has 0 atom stereocenters. The fraction of sp³-hybridized carbons (Fsp3) is 0.389. The van der Waals surface area contributed by atoms with Gasteiger partial charge in [-0.2, -0.15) is 0 Å². The largest absolute Gasteiger partial charge is 1.00 e. The average Bonchev–Trinajstić information content (AvgIpc) is 2.90. The van der Waals surface area contributed by atoms with Crippen molar-refractivity contribution < 1.29 is 35.9 Å². The predicted molar refractivity (Wildman–Crippen MR) is 85.9 cm³/mol. The second-order valence-corrected chi connectivity index (χ2v) is 5.65. The quantitative estimate of drug-likeness (QED) is 0.436. The Hall–Kier alpha value is -1.95. The van der Waals surface area contributed by atoms with E-state index >= 15 is 0 Å². The zero-order valence-corrected chi connectivity index (χ0v) is 15.9. The number of aryl methyl sites for hydroxylation is 2. The van der Waals surface area contributed by atoms with Gasteiger partial charge in [-0.05, 0) is 37.5 Å². The van der Waals surface area contributed by atoms with Gasteiger partial charge in [0.25, 0.3) is 0 Å². The van der Waals surface area contributed by atoms with Gasteiger partial charge in [0, 0.05) is 6.42 Å². The summed E-state index contributed by atoms with van der Waals surface area (Å²) in [5.41, 5.74) is 3.38. The Labute approximate surface area is 153 Å². The molecule has 0 saturated carbocycles. The molecule has 0 amide bonds. The number of hydrogen-bond acceptors (Lipinski definition) is 3. The lowest BCUT2D eigenvalue weighted by atomic mass is 9.98. The molecule has 0 N–H and O–H groups in total. The third kappa shape index (κ3) is 5.60. The van der Waals surface area contributed by atoms with Gasteiger partial charge >= 0.3 is 5.97 Å². The van der Waals surface area contributed by atoms with Crippen LogP contribution in [0.2, 0.25) is 0 Å². The van der Waals surface area contributed by atoms with E-state index in [1.54, 1.807) is 34.8 Å². The highest BCUT2D eigenvalue weighted by atomic mass is 79.9. The molecule has 0 spiro atoms. The van der Waals surface area contributed by atoms with Gasteiger partial charge < -0.3 is 21.7 Å². The maximum absolute atomic E-state index is 12.3. The lowest BCUT2D eigenvalue weighted by Gasteiger charge is -2.07. The molecule has 5 nitrogen and oxygen atoms in total. The minimum absolute atomic E-state index is 0. The molecule has 0 unspecified atom stereocenters. The Kier molecular flexibility index (Phi) is 7.85. The summed E-state index contributed by atoms with van der Waals surface area (Å²) in [5, 5.41) is 0. The summed E-state index contributed by atoms with van der Waals surface area (Å²) in [7, 11) is 0. The van der Waals surface area contributed by atoms with Crippen LogP contribution in [0.25, 0.3) is 0 Å². The van der Waals surface area contributed by atoms with Gasteiger partial charge in [-0.25, -0.2) is 13.9 Å². The van der Waals surface area contributed by atoms with E-state index in [0.29, 0.717) is 19.6 Å². The second-order valence-electron chi connectivity index (χ2n) is 5.65. The van der Waals surface area contributed by atoms with E-state index in [1.807, 2.05) is 32.0 Å². The third-order valence-electron chi connectivity index (χ3n) is 3.74. The normalized spacial score (nSPS) is 10.1. The SMILES string of the molecule is CCOC(=O)Cn1cc[n+](CC(=O)Cc2c(C)cccc2C)c1.[Br-]. The average molecular weight is 395 g/mol. The van der Waals surface area contributed by atoms with Crippen LogP contribution in [0.3, 0.4) is 0 Å². The molecule has 1 aromatic carbocycles. The maximum atomic E-state index is 12.3. The molecule has 0 aliphatic rings. The number of hydrogen-bond donors (Lipinski definition) is 0. The van der Waals surface area contributed by atoms with E-state index < -0.39 is 0 Å². The highest BCUT2D eigenvalue weighted by molar-refractivity contribution is 5.80. The molecule has 0 radical (unpaired) electrons. The lowest BCUT2D eigenvalue weighted by molar-refractivity contribution is -0.683. The first-order chi connectivity index (χ1) is 11.0. The van der Waals surface area contributed by atoms with Gasteiger partial charge in [0.05, 0.1) is 6.61 Å². The molecule has 1 heterocycles. The number of carbonyl (C=O) groups excluding carboxylic acids is 2. The van der Waals surface area contributed by atoms with Crippen molar-refractivity contribution in [2.75, 3.05) is 6.61 Å². The summed E-state index contributed by atoms with van der Waals surface area (Å²) in [4.78, 5) is 23.7. The maximum Gasteiger partial charge on any atom is 0.348 e. The molecule has 0 aliphatic heterocycles. The molecule has 130 valence electrons. The first-order valence-electron chi connectivity index (χ1n) is 7.76. The van der Waals surface area contributed by atoms with Crippen molar-refractivity contribution in [3.63, 3.8) is 0 Å². The number of nitrogens with zero attached hydrogens (tertiary/aromatic N) is 2. The first kappa shape index (κ1) is 20.1. The molecule has 0 saturated heterocycles. The van der Waals surface area contributed by atoms with Crippen molar-refractivity contribution in [2.45, 2.75) is 40.3 Å². The number of imidazole rings is 1. The smallest absolute Gasteiger partial charge is 0.348 e. The summed E-state index contributed by atoms with van der Waals surface area (Å²) < 4.78 is 8.40. The number of carbonyl (C=O) groups is 2. The molecular formula is C18H23BrN2O3. The molecule has 2 rings (SSSR count). The van der Waals surface area contributed by atoms with E-state index in [0.717, 1.165) is 16.7 Å². The topological polar surface area (TPSA) is 52.2 Å². The standard InChI is InChI=1S/C18H23N2O3.BrH/c1-4-23-18(22)12-20-9-8-19(13-20)11-16(21)10-17-14(2)6-5-7-15(17)3;/h5-9,13H,4,10-12H2,1-3H3;1H/q+1;/p-1. The first-order valence-corrected chi connectivity index (χ1v) is 7.76. The van der Waals surface area contributed by atoms with Crippen molar-refractivity contribution in [3.8, 4) is 0 Å². The van der Waals surface area contributed by atoms with E-state index in [-0.39, 0.29) is 35.3 Å². The lowest BCUT2D eigenvalue weighted by Crippen LogP contribution is -3.00. The van der Waals surface area contributed by atoms with E-state index in [9.17, 15) is 9.59 Å². The summed E-state index contributed by atoms with van der Waals surface area (Å²) in [5.74, 6) is -0.140. The molecule has 24 heavy (non-hydrogen) atoms. The van der Waals surface area contributed by atoms with Crippen molar-refractivity contribution in [3.05, 3.63) is 53.6 Å². The number of esters is 1. The number of halogens is 1. The van der Waals surface area contributed by atoms with Crippen LogP contribution in [0, 0.1) is 13.8 Å². The molecule has 0 aliphatic carbocycles. The van der Waals surface area contributed by atoms with Crippen molar-refractivity contribution in [1.82, 2.24) is 4.57 Å². The molecule has 0 fully saturated rings. The fourth-order valence-electron chi connectivity index (χ4n) is 2.57. The van der Waals surface area contributed by atoms with E-state index in [1.165, 1.54) is 0 Å². The van der Waals surface area contributed by atoms with Crippen LogP contribution in [0.15, 0.2) is 36.9 Å². The van der Waals surface area contributed by atoms with Crippen molar-refractivity contribution >= 4 is 11.8 Å². The molecule has 2 aromatic rings. The van der Waals surface area contributed by atoms with Crippen LogP contribution in [-0.4, -0.2) is 22.9 Å². The number of Topliss-reactive ketones (excluding diaryl/α,β-unsaturated/α-hetero) is 1. The highest BCUT2D eigenvalue weighted by Gasteiger charge is 2.14. The minimum Gasteiger partial charge on any atom is -1.00 e.